The Bertz CT molecular complexity index is 1000. The average molecular weight is 445 g/mol. The van der Waals surface area contributed by atoms with Crippen LogP contribution in [0.5, 0.6) is 0 Å². The maximum Gasteiger partial charge on any atom is 0.246 e. The van der Waals surface area contributed by atoms with Gasteiger partial charge in [0.25, 0.3) is 0 Å². The number of amides is 1. The lowest BCUT2D eigenvalue weighted by Crippen LogP contribution is -2.37. The first-order valence-corrected chi connectivity index (χ1v) is 12.7. The second-order valence-corrected chi connectivity index (χ2v) is 10.7. The summed E-state index contributed by atoms with van der Waals surface area (Å²) < 4.78 is 29.7. The summed E-state index contributed by atoms with van der Waals surface area (Å²) in [5, 5.41) is 4.14. The number of aromatic nitrogens is 2. The highest BCUT2D eigenvalue weighted by Crippen LogP contribution is 2.33. The first kappa shape index (κ1) is 22.0. The van der Waals surface area contributed by atoms with Gasteiger partial charge in [0, 0.05) is 45.3 Å². The third kappa shape index (κ3) is 5.18. The molecule has 2 aromatic rings. The zero-order valence-corrected chi connectivity index (χ0v) is 19.2. The normalized spacial score (nSPS) is 18.0. The lowest BCUT2D eigenvalue weighted by atomic mass is 9.90. The van der Waals surface area contributed by atoms with Crippen LogP contribution in [0.25, 0.3) is 0 Å². The molecule has 0 atom stereocenters. The summed E-state index contributed by atoms with van der Waals surface area (Å²) in [5.74, 6) is 0.764. The van der Waals surface area contributed by atoms with E-state index in [1.165, 1.54) is 11.8 Å². The molecule has 1 aliphatic carbocycles. The third-order valence-electron chi connectivity index (χ3n) is 6.44. The highest BCUT2D eigenvalue weighted by molar-refractivity contribution is 7.89. The van der Waals surface area contributed by atoms with Crippen LogP contribution in [0.15, 0.2) is 41.6 Å². The number of aryl methyl sites for hydroxylation is 1. The van der Waals surface area contributed by atoms with Gasteiger partial charge in [-0.25, -0.2) is 8.42 Å². The molecule has 2 aliphatic rings. The lowest BCUT2D eigenvalue weighted by molar-refractivity contribution is -0.130. The van der Waals surface area contributed by atoms with Gasteiger partial charge in [-0.05, 0) is 56.1 Å². The van der Waals surface area contributed by atoms with Crippen molar-refractivity contribution in [3.05, 3.63) is 47.8 Å². The molecule has 7 nitrogen and oxygen atoms in total. The fourth-order valence-corrected chi connectivity index (χ4v) is 5.93. The van der Waals surface area contributed by atoms with Crippen LogP contribution in [0.1, 0.15) is 50.7 Å². The first-order chi connectivity index (χ1) is 14.9. The van der Waals surface area contributed by atoms with Crippen LogP contribution in [0, 0.1) is 5.92 Å². The van der Waals surface area contributed by atoms with Gasteiger partial charge in [0.15, 0.2) is 0 Å². The molecule has 168 valence electrons. The van der Waals surface area contributed by atoms with E-state index in [-0.39, 0.29) is 16.8 Å². The van der Waals surface area contributed by atoms with Crippen molar-refractivity contribution in [3.8, 4) is 0 Å². The van der Waals surface area contributed by atoms with Crippen molar-refractivity contribution in [2.45, 2.75) is 70.0 Å². The molecule has 0 spiro atoms. The molecule has 1 saturated heterocycles. The average Bonchev–Trinajstić information content (AvgIpc) is 3.47. The number of likely N-dealkylation sites (tertiary alicyclic amines) is 1. The molecule has 2 heterocycles. The number of hydrogen-bond donors (Lipinski definition) is 0. The highest BCUT2D eigenvalue weighted by atomic mass is 32.2. The van der Waals surface area contributed by atoms with E-state index < -0.39 is 10.0 Å². The smallest absolute Gasteiger partial charge is 0.246 e. The number of piperidine rings is 1. The highest BCUT2D eigenvalue weighted by Gasteiger charge is 2.38. The van der Waals surface area contributed by atoms with Crippen LogP contribution in [-0.4, -0.2) is 52.4 Å². The van der Waals surface area contributed by atoms with Crippen molar-refractivity contribution in [3.63, 3.8) is 0 Å². The van der Waals surface area contributed by atoms with Gasteiger partial charge in [-0.2, -0.15) is 9.40 Å². The second-order valence-electron chi connectivity index (χ2n) is 8.78. The topological polar surface area (TPSA) is 75.5 Å². The fourth-order valence-electron chi connectivity index (χ4n) is 4.31. The number of sulfonamides is 1. The molecule has 1 aromatic heterocycles. The molecule has 8 heteroatoms. The van der Waals surface area contributed by atoms with Gasteiger partial charge in [-0.3, -0.25) is 9.48 Å². The molecule has 0 N–H and O–H groups in total. The van der Waals surface area contributed by atoms with Crippen molar-refractivity contribution in [2.75, 3.05) is 13.1 Å². The lowest BCUT2D eigenvalue weighted by Gasteiger charge is -2.31. The van der Waals surface area contributed by atoms with Crippen LogP contribution in [-0.2, 0) is 34.3 Å². The summed E-state index contributed by atoms with van der Waals surface area (Å²) in [6.07, 6.45) is 7.99. The van der Waals surface area contributed by atoms with Crippen LogP contribution in [0.2, 0.25) is 0 Å². The largest absolute Gasteiger partial charge is 0.343 e. The van der Waals surface area contributed by atoms with Crippen molar-refractivity contribution in [1.82, 2.24) is 19.0 Å². The summed E-state index contributed by atoms with van der Waals surface area (Å²) in [5.41, 5.74) is 2.28. The Kier molecular flexibility index (Phi) is 6.48. The Balaban J connectivity index is 1.40. The predicted octanol–water partition coefficient (Wildman–Crippen LogP) is 3.06. The summed E-state index contributed by atoms with van der Waals surface area (Å²) in [4.78, 5) is 13.7. The minimum absolute atomic E-state index is 0.0844. The molecule has 1 aliphatic heterocycles. The first-order valence-electron chi connectivity index (χ1n) is 11.2. The zero-order chi connectivity index (χ0) is 22.0. The number of rotatable bonds is 8. The van der Waals surface area contributed by atoms with E-state index in [9.17, 15) is 13.2 Å². The Labute approximate surface area is 185 Å². The van der Waals surface area contributed by atoms with Gasteiger partial charge in [-0.15, -0.1) is 0 Å². The quantitative estimate of drug-likeness (QED) is 0.627. The van der Waals surface area contributed by atoms with Gasteiger partial charge in [-0.1, -0.05) is 24.3 Å². The van der Waals surface area contributed by atoms with E-state index in [4.69, 9.17) is 0 Å². The van der Waals surface area contributed by atoms with Crippen molar-refractivity contribution in [1.29, 1.82) is 0 Å². The van der Waals surface area contributed by atoms with E-state index in [0.717, 1.165) is 50.8 Å². The number of hydrogen-bond acceptors (Lipinski definition) is 4. The maximum atomic E-state index is 13.2. The van der Waals surface area contributed by atoms with Crippen LogP contribution >= 0.6 is 0 Å². The van der Waals surface area contributed by atoms with Gasteiger partial charge in [0.1, 0.15) is 4.90 Å². The van der Waals surface area contributed by atoms with E-state index in [2.05, 4.69) is 29.4 Å². The monoisotopic (exact) mass is 444 g/mol. The standard InChI is InChI=1S/C23H32N4O3S/c1-3-26-17-23(15-24-26)31(29,30)27(22-8-9-22)16-21-6-4-19(5-7-21)14-20-10-12-25(13-11-20)18(2)28/h4-7,15,17,20,22H,3,8-14,16H2,1-2H3. The molecule has 2 fully saturated rings. The van der Waals surface area contributed by atoms with Crippen molar-refractivity contribution in [2.24, 2.45) is 5.92 Å². The molecular weight excluding hydrogens is 412 g/mol. The summed E-state index contributed by atoms with van der Waals surface area (Å²) in [7, 11) is -3.55. The molecule has 1 amide bonds. The number of carbonyl (C=O) groups is 1. The number of benzene rings is 1. The summed E-state index contributed by atoms with van der Waals surface area (Å²) >= 11 is 0. The van der Waals surface area contributed by atoms with Crippen LogP contribution < -0.4 is 0 Å². The molecule has 1 aromatic carbocycles. The van der Waals surface area contributed by atoms with Crippen LogP contribution in [0.3, 0.4) is 0 Å². The molecule has 4 rings (SSSR count). The predicted molar refractivity (Wildman–Crippen MR) is 119 cm³/mol. The molecule has 1 saturated carbocycles. The van der Waals surface area contributed by atoms with E-state index in [1.54, 1.807) is 22.1 Å². The molecular formula is C23H32N4O3S. The number of nitrogens with zero attached hydrogens (tertiary/aromatic N) is 4. The SMILES string of the molecule is CCn1cc(S(=O)(=O)N(Cc2ccc(CC3CCN(C(C)=O)CC3)cc2)C2CC2)cn1. The zero-order valence-electron chi connectivity index (χ0n) is 18.4. The van der Waals surface area contributed by atoms with Gasteiger partial charge < -0.3 is 4.90 Å². The number of carbonyl (C=O) groups excluding carboxylic acids is 1. The molecule has 0 unspecified atom stereocenters. The third-order valence-corrected chi connectivity index (χ3v) is 8.29. The summed E-state index contributed by atoms with van der Waals surface area (Å²) in [6, 6.07) is 8.45. The summed E-state index contributed by atoms with van der Waals surface area (Å²) in [6.45, 7) is 6.31. The Hall–Kier alpha value is -2.19. The van der Waals surface area contributed by atoms with Crippen LogP contribution in [0.4, 0.5) is 0 Å². The molecule has 31 heavy (non-hydrogen) atoms. The minimum atomic E-state index is -3.55. The van der Waals surface area contributed by atoms with E-state index >= 15 is 0 Å². The Morgan fingerprint density at radius 3 is 2.29 bits per heavy atom. The van der Waals surface area contributed by atoms with Gasteiger partial charge >= 0.3 is 0 Å². The Morgan fingerprint density at radius 2 is 1.74 bits per heavy atom. The molecule has 0 bridgehead atoms. The Morgan fingerprint density at radius 1 is 1.10 bits per heavy atom. The van der Waals surface area contributed by atoms with E-state index in [0.29, 0.717) is 19.0 Å². The van der Waals surface area contributed by atoms with E-state index in [1.807, 2.05) is 11.8 Å². The van der Waals surface area contributed by atoms with Gasteiger partial charge in [0.2, 0.25) is 15.9 Å². The van der Waals surface area contributed by atoms with Crippen molar-refractivity contribution >= 4 is 15.9 Å². The minimum Gasteiger partial charge on any atom is -0.343 e. The second kappa shape index (κ2) is 9.12. The van der Waals surface area contributed by atoms with Crippen molar-refractivity contribution < 1.29 is 13.2 Å². The molecule has 0 radical (unpaired) electrons. The fraction of sp³-hybridized carbons (Fsp3) is 0.565. The maximum absolute atomic E-state index is 13.2. The van der Waals surface area contributed by atoms with Gasteiger partial charge in [0.05, 0.1) is 6.20 Å².